The number of hydrogen-bond donors (Lipinski definition) is 0. The third-order valence-electron chi connectivity index (χ3n) is 15.8. The van der Waals surface area contributed by atoms with Gasteiger partial charge in [-0.05, 0) is 147 Å². The van der Waals surface area contributed by atoms with E-state index >= 15 is 0 Å². The number of furan rings is 2. The van der Waals surface area contributed by atoms with Crippen LogP contribution in [0.15, 0.2) is 191 Å². The van der Waals surface area contributed by atoms with E-state index in [1.807, 2.05) is 0 Å². The monoisotopic (exact) mass is 842 g/mol. The van der Waals surface area contributed by atoms with Crippen molar-refractivity contribution in [1.29, 1.82) is 0 Å². The second-order valence-electron chi connectivity index (χ2n) is 19.9. The van der Waals surface area contributed by atoms with Gasteiger partial charge in [-0.1, -0.05) is 161 Å². The van der Waals surface area contributed by atoms with Crippen molar-refractivity contribution >= 4 is 87.0 Å². The SMILES string of the molecule is CC1(C)c2cc3c(cc2-c2c1cc(-c1cc4ccccc4c4ccccc14)c1oc4ccccc4c21)C(C)(C)c1cc(-c2cc4ccccc4c4ccccc24)c2oc4ccccc4c2c1-3. The van der Waals surface area contributed by atoms with Gasteiger partial charge in [-0.3, -0.25) is 0 Å². The van der Waals surface area contributed by atoms with Gasteiger partial charge in [0.25, 0.3) is 0 Å². The lowest BCUT2D eigenvalue weighted by Gasteiger charge is -2.24. The first-order valence-corrected chi connectivity index (χ1v) is 23.2. The normalized spacial score (nSPS) is 14.6. The number of fused-ring (bicyclic) bond motifs is 20. The summed E-state index contributed by atoms with van der Waals surface area (Å²) in [6.45, 7) is 9.72. The first-order valence-electron chi connectivity index (χ1n) is 23.2. The van der Waals surface area contributed by atoms with E-state index in [2.05, 4.69) is 210 Å². The van der Waals surface area contributed by atoms with Crippen LogP contribution < -0.4 is 0 Å². The molecule has 2 heteroatoms. The minimum atomic E-state index is -0.317. The summed E-state index contributed by atoms with van der Waals surface area (Å²) in [7, 11) is 0. The van der Waals surface area contributed by atoms with E-state index in [0.717, 1.165) is 44.2 Å². The molecule has 0 radical (unpaired) electrons. The minimum Gasteiger partial charge on any atom is -0.455 e. The highest BCUT2D eigenvalue weighted by atomic mass is 16.3. The van der Waals surface area contributed by atoms with E-state index in [0.29, 0.717) is 0 Å². The Bertz CT molecular complexity index is 4060. The highest BCUT2D eigenvalue weighted by Crippen LogP contribution is 2.62. The van der Waals surface area contributed by atoms with E-state index in [1.165, 1.54) is 109 Å². The van der Waals surface area contributed by atoms with E-state index in [1.54, 1.807) is 0 Å². The van der Waals surface area contributed by atoms with Crippen LogP contribution in [0.1, 0.15) is 49.9 Å². The molecule has 0 spiro atoms. The van der Waals surface area contributed by atoms with Crippen LogP contribution in [0, 0.1) is 0 Å². The van der Waals surface area contributed by atoms with Crippen LogP contribution >= 0.6 is 0 Å². The van der Waals surface area contributed by atoms with Gasteiger partial charge < -0.3 is 8.83 Å². The molecular weight excluding hydrogens is 801 g/mol. The van der Waals surface area contributed by atoms with Crippen LogP contribution in [-0.4, -0.2) is 0 Å². The maximum Gasteiger partial charge on any atom is 0.143 e. The molecule has 66 heavy (non-hydrogen) atoms. The van der Waals surface area contributed by atoms with Crippen molar-refractivity contribution in [3.63, 3.8) is 0 Å². The fourth-order valence-electron chi connectivity index (χ4n) is 12.6. The van der Waals surface area contributed by atoms with Crippen LogP contribution in [-0.2, 0) is 10.8 Å². The molecule has 0 unspecified atom stereocenters. The fraction of sp³-hybridized carbons (Fsp3) is 0.0938. The quantitative estimate of drug-likeness (QED) is 0.162. The van der Waals surface area contributed by atoms with Crippen molar-refractivity contribution < 1.29 is 8.83 Å². The molecule has 0 N–H and O–H groups in total. The summed E-state index contributed by atoms with van der Waals surface area (Å²) in [5.74, 6) is 0. The Kier molecular flexibility index (Phi) is 6.86. The first-order chi connectivity index (χ1) is 32.3. The summed E-state index contributed by atoms with van der Waals surface area (Å²) in [5.41, 5.74) is 18.3. The Morgan fingerprint density at radius 1 is 0.288 bits per heavy atom. The van der Waals surface area contributed by atoms with E-state index in [4.69, 9.17) is 8.83 Å². The molecule has 0 atom stereocenters. The number of benzene rings is 11. The van der Waals surface area contributed by atoms with Crippen LogP contribution in [0.4, 0.5) is 0 Å². The minimum absolute atomic E-state index is 0.317. The van der Waals surface area contributed by atoms with E-state index < -0.39 is 0 Å². The summed E-state index contributed by atoms with van der Waals surface area (Å²) < 4.78 is 14.1. The van der Waals surface area contributed by atoms with Gasteiger partial charge in [0.15, 0.2) is 0 Å². The molecule has 11 aromatic carbocycles. The predicted octanol–water partition coefficient (Wildman–Crippen LogP) is 18.0. The first kappa shape index (κ1) is 36.4. The molecule has 310 valence electrons. The molecule has 0 saturated heterocycles. The van der Waals surface area contributed by atoms with Crippen molar-refractivity contribution in [2.24, 2.45) is 0 Å². The second-order valence-corrected chi connectivity index (χ2v) is 19.9. The molecule has 2 aliphatic carbocycles. The molecule has 0 aliphatic heterocycles. The molecule has 15 rings (SSSR count). The zero-order chi connectivity index (χ0) is 43.8. The lowest BCUT2D eigenvalue weighted by atomic mass is 9.78. The standard InChI is InChI=1S/C64H42O2/c1-63(2)51-33-50-52(34-49(51)57-53(63)31-47(61-59(57)43-25-13-15-27-55(43)65-61)45-29-35-17-5-7-19-37(35)39-21-9-11-23-41(39)45)64(3,4)54-32-48(62-60(58(50)54)44-26-14-16-28-56(44)66-62)46-30-36-18-6-8-20-38(36)40-22-10-12-24-42(40)46/h5-34H,1-4H3. The molecule has 0 fully saturated rings. The summed E-state index contributed by atoms with van der Waals surface area (Å²) in [4.78, 5) is 0. The summed E-state index contributed by atoms with van der Waals surface area (Å²) in [6.07, 6.45) is 0. The Morgan fingerprint density at radius 3 is 1.05 bits per heavy atom. The predicted molar refractivity (Wildman–Crippen MR) is 277 cm³/mol. The highest BCUT2D eigenvalue weighted by Gasteiger charge is 2.45. The van der Waals surface area contributed by atoms with Gasteiger partial charge in [-0.15, -0.1) is 0 Å². The molecule has 2 heterocycles. The van der Waals surface area contributed by atoms with Crippen molar-refractivity contribution in [2.75, 3.05) is 0 Å². The molecular formula is C64H42O2. The van der Waals surface area contributed by atoms with Crippen molar-refractivity contribution in [2.45, 2.75) is 38.5 Å². The molecule has 2 nitrogen and oxygen atoms in total. The zero-order valence-electron chi connectivity index (χ0n) is 37.1. The van der Waals surface area contributed by atoms with Crippen LogP contribution in [0.25, 0.3) is 131 Å². The van der Waals surface area contributed by atoms with Gasteiger partial charge in [-0.25, -0.2) is 0 Å². The van der Waals surface area contributed by atoms with E-state index in [-0.39, 0.29) is 10.8 Å². The smallest absolute Gasteiger partial charge is 0.143 e. The van der Waals surface area contributed by atoms with Crippen molar-refractivity contribution in [3.05, 3.63) is 204 Å². The molecule has 2 aromatic heterocycles. The largest absolute Gasteiger partial charge is 0.455 e. The van der Waals surface area contributed by atoms with Crippen LogP contribution in [0.2, 0.25) is 0 Å². The maximum atomic E-state index is 7.07. The third-order valence-corrected chi connectivity index (χ3v) is 15.8. The lowest BCUT2D eigenvalue weighted by Crippen LogP contribution is -2.17. The van der Waals surface area contributed by atoms with Crippen LogP contribution in [0.5, 0.6) is 0 Å². The van der Waals surface area contributed by atoms with Gasteiger partial charge in [-0.2, -0.15) is 0 Å². The van der Waals surface area contributed by atoms with Gasteiger partial charge in [0.2, 0.25) is 0 Å². The average Bonchev–Trinajstić information content (AvgIpc) is 4.05. The van der Waals surface area contributed by atoms with Gasteiger partial charge in [0, 0.05) is 43.5 Å². The third kappa shape index (κ3) is 4.51. The zero-order valence-corrected chi connectivity index (χ0v) is 37.1. The average molecular weight is 843 g/mol. The molecule has 13 aromatic rings. The summed E-state index contributed by atoms with van der Waals surface area (Å²) in [6, 6.07) is 67.3. The molecule has 0 bridgehead atoms. The number of para-hydroxylation sites is 2. The Hall–Kier alpha value is -7.94. The van der Waals surface area contributed by atoms with E-state index in [9.17, 15) is 0 Å². The second kappa shape index (κ2) is 12.4. The fourth-order valence-corrected chi connectivity index (χ4v) is 12.6. The van der Waals surface area contributed by atoms with Gasteiger partial charge in [0.1, 0.15) is 22.3 Å². The Morgan fingerprint density at radius 2 is 0.621 bits per heavy atom. The topological polar surface area (TPSA) is 26.3 Å². The summed E-state index contributed by atoms with van der Waals surface area (Å²) >= 11 is 0. The number of rotatable bonds is 2. The highest BCUT2D eigenvalue weighted by molar-refractivity contribution is 6.25. The van der Waals surface area contributed by atoms with Crippen molar-refractivity contribution in [3.8, 4) is 44.5 Å². The Labute approximate surface area is 381 Å². The molecule has 0 saturated carbocycles. The van der Waals surface area contributed by atoms with Crippen molar-refractivity contribution in [1.82, 2.24) is 0 Å². The maximum absolute atomic E-state index is 7.07. The number of hydrogen-bond acceptors (Lipinski definition) is 2. The van der Waals surface area contributed by atoms with Crippen LogP contribution in [0.3, 0.4) is 0 Å². The van der Waals surface area contributed by atoms with Gasteiger partial charge in [0.05, 0.1) is 0 Å². The summed E-state index contributed by atoms with van der Waals surface area (Å²) in [5, 5.41) is 14.7. The molecule has 0 amide bonds. The van der Waals surface area contributed by atoms with Gasteiger partial charge >= 0.3 is 0 Å². The lowest BCUT2D eigenvalue weighted by molar-refractivity contribution is 0.650. The Balaban J connectivity index is 1.03. The molecule has 2 aliphatic rings.